The third-order valence-corrected chi connectivity index (χ3v) is 8.14. The minimum atomic E-state index is -0.342. The number of fused-ring (bicyclic) bond motifs is 1. The Balaban J connectivity index is 1.57. The van der Waals surface area contributed by atoms with Crippen LogP contribution in [0.2, 0.25) is 0 Å². The molecule has 0 atom stereocenters. The fourth-order valence-corrected chi connectivity index (χ4v) is 6.19. The molecule has 1 heterocycles. The first kappa shape index (κ1) is 26.3. The number of anilines is 1. The summed E-state index contributed by atoms with van der Waals surface area (Å²) >= 11 is 0. The standard InChI is InChI=1S/C35H42N2O/c1-23-21-24(2)32(31(23)28-15-13-25-11-9-10-12-27(25)28)29-22-26(14-16-30(29)34(3,4)5)36-17-19-37(20-18-36)33(38)35(6,7)8/h9-12,14-16,22H,1-2,13,17-21H2,3-8H3. The Morgan fingerprint density at radius 2 is 1.47 bits per heavy atom. The monoisotopic (exact) mass is 506 g/mol. The molecule has 2 aromatic carbocycles. The Morgan fingerprint density at radius 1 is 0.816 bits per heavy atom. The van der Waals surface area contributed by atoms with Crippen LogP contribution in [0.1, 0.15) is 70.2 Å². The highest BCUT2D eigenvalue weighted by atomic mass is 16.2. The number of amides is 1. The molecule has 2 aromatic rings. The van der Waals surface area contributed by atoms with Gasteiger partial charge in [0.05, 0.1) is 0 Å². The summed E-state index contributed by atoms with van der Waals surface area (Å²) in [6.45, 7) is 25.2. The Morgan fingerprint density at radius 3 is 2.13 bits per heavy atom. The maximum absolute atomic E-state index is 12.8. The van der Waals surface area contributed by atoms with Crippen LogP contribution >= 0.6 is 0 Å². The summed E-state index contributed by atoms with van der Waals surface area (Å²) in [5.74, 6) is 0.238. The number of hydrogen-bond donors (Lipinski definition) is 0. The summed E-state index contributed by atoms with van der Waals surface area (Å²) in [4.78, 5) is 17.3. The van der Waals surface area contributed by atoms with Crippen molar-refractivity contribution in [3.8, 4) is 0 Å². The lowest BCUT2D eigenvalue weighted by Gasteiger charge is -2.39. The average Bonchev–Trinajstić information content (AvgIpc) is 3.41. The van der Waals surface area contributed by atoms with Gasteiger partial charge in [-0.2, -0.15) is 0 Å². The second-order valence-electron chi connectivity index (χ2n) is 13.1. The third kappa shape index (κ3) is 4.68. The predicted molar refractivity (Wildman–Crippen MR) is 161 cm³/mol. The van der Waals surface area contributed by atoms with E-state index in [1.165, 1.54) is 44.7 Å². The Bertz CT molecular complexity index is 1380. The van der Waals surface area contributed by atoms with E-state index in [9.17, 15) is 4.79 Å². The second kappa shape index (κ2) is 9.45. The number of nitrogens with zero attached hydrogens (tertiary/aromatic N) is 2. The van der Waals surface area contributed by atoms with Gasteiger partial charge in [0, 0.05) is 37.3 Å². The van der Waals surface area contributed by atoms with Crippen molar-refractivity contribution in [2.24, 2.45) is 5.41 Å². The van der Waals surface area contributed by atoms with Crippen molar-refractivity contribution >= 4 is 22.7 Å². The van der Waals surface area contributed by atoms with Crippen LogP contribution in [-0.2, 0) is 16.6 Å². The number of rotatable bonds is 3. The molecule has 0 radical (unpaired) electrons. The molecule has 5 rings (SSSR count). The molecule has 0 bridgehead atoms. The highest BCUT2D eigenvalue weighted by Crippen LogP contribution is 2.50. The Kier molecular flexibility index (Phi) is 6.54. The van der Waals surface area contributed by atoms with E-state index in [0.29, 0.717) is 0 Å². The number of carbonyl (C=O) groups is 1. The lowest BCUT2D eigenvalue weighted by atomic mass is 9.79. The van der Waals surface area contributed by atoms with E-state index in [1.54, 1.807) is 0 Å². The smallest absolute Gasteiger partial charge is 0.228 e. The van der Waals surface area contributed by atoms with Crippen LogP contribution in [-0.4, -0.2) is 37.0 Å². The van der Waals surface area contributed by atoms with Gasteiger partial charge in [-0.25, -0.2) is 0 Å². The van der Waals surface area contributed by atoms with Crippen LogP contribution in [0.4, 0.5) is 5.69 Å². The van der Waals surface area contributed by atoms with E-state index in [2.05, 4.69) is 87.4 Å². The molecule has 1 fully saturated rings. The summed E-state index contributed by atoms with van der Waals surface area (Å²) in [6, 6.07) is 15.7. The first-order chi connectivity index (χ1) is 17.9. The molecule has 1 amide bonds. The van der Waals surface area contributed by atoms with Crippen LogP contribution in [0.15, 0.2) is 78.4 Å². The number of carbonyl (C=O) groups excluding carboxylic acids is 1. The molecular formula is C35H42N2O. The highest BCUT2D eigenvalue weighted by molar-refractivity contribution is 6.03. The summed E-state index contributed by atoms with van der Waals surface area (Å²) in [6.07, 6.45) is 4.15. The van der Waals surface area contributed by atoms with Gasteiger partial charge in [-0.15, -0.1) is 0 Å². The predicted octanol–water partition coefficient (Wildman–Crippen LogP) is 7.59. The number of allylic oxidation sites excluding steroid dienone is 6. The maximum Gasteiger partial charge on any atom is 0.228 e. The molecule has 1 aliphatic heterocycles. The summed E-state index contributed by atoms with van der Waals surface area (Å²) in [7, 11) is 0. The first-order valence-electron chi connectivity index (χ1n) is 13.9. The summed E-state index contributed by atoms with van der Waals surface area (Å²) in [5.41, 5.74) is 12.3. The van der Waals surface area contributed by atoms with Gasteiger partial charge in [-0.1, -0.05) is 91.1 Å². The van der Waals surface area contributed by atoms with Crippen LogP contribution in [0.25, 0.3) is 11.1 Å². The van der Waals surface area contributed by atoms with Gasteiger partial charge in [-0.05, 0) is 80.5 Å². The van der Waals surface area contributed by atoms with Gasteiger partial charge in [-0.3, -0.25) is 4.79 Å². The summed E-state index contributed by atoms with van der Waals surface area (Å²) in [5, 5.41) is 0. The molecule has 0 spiro atoms. The Hall–Kier alpha value is -3.33. The van der Waals surface area contributed by atoms with Crippen molar-refractivity contribution in [1.29, 1.82) is 0 Å². The first-order valence-corrected chi connectivity index (χ1v) is 13.9. The van der Waals surface area contributed by atoms with Crippen LogP contribution in [0.5, 0.6) is 0 Å². The molecule has 0 aromatic heterocycles. The van der Waals surface area contributed by atoms with E-state index in [0.717, 1.165) is 50.2 Å². The van der Waals surface area contributed by atoms with Crippen molar-refractivity contribution < 1.29 is 4.79 Å². The highest BCUT2D eigenvalue weighted by Gasteiger charge is 2.33. The zero-order chi connectivity index (χ0) is 27.4. The van der Waals surface area contributed by atoms with E-state index >= 15 is 0 Å². The number of piperazine rings is 1. The molecule has 0 saturated carbocycles. The fraction of sp³-hybridized carbons (Fsp3) is 0.400. The fourth-order valence-electron chi connectivity index (χ4n) is 6.19. The maximum atomic E-state index is 12.8. The van der Waals surface area contributed by atoms with Crippen LogP contribution < -0.4 is 4.90 Å². The van der Waals surface area contributed by atoms with Crippen molar-refractivity contribution in [2.45, 2.75) is 59.8 Å². The second-order valence-corrected chi connectivity index (χ2v) is 13.1. The van der Waals surface area contributed by atoms with Gasteiger partial charge < -0.3 is 9.80 Å². The number of benzene rings is 2. The minimum absolute atomic E-state index is 0.0179. The average molecular weight is 507 g/mol. The third-order valence-electron chi connectivity index (χ3n) is 8.14. The lowest BCUT2D eigenvalue weighted by molar-refractivity contribution is -0.139. The lowest BCUT2D eigenvalue weighted by Crippen LogP contribution is -2.51. The molecule has 2 aliphatic carbocycles. The Labute approximate surface area is 229 Å². The normalized spacial score (nSPS) is 18.3. The van der Waals surface area contributed by atoms with Crippen LogP contribution in [0.3, 0.4) is 0 Å². The van der Waals surface area contributed by atoms with Crippen molar-refractivity contribution in [3.05, 3.63) is 101 Å². The molecule has 0 unspecified atom stereocenters. The minimum Gasteiger partial charge on any atom is -0.368 e. The van der Waals surface area contributed by atoms with Gasteiger partial charge in [0.1, 0.15) is 0 Å². The van der Waals surface area contributed by atoms with E-state index in [4.69, 9.17) is 0 Å². The molecular weight excluding hydrogens is 464 g/mol. The van der Waals surface area contributed by atoms with Crippen LogP contribution in [0, 0.1) is 5.41 Å². The molecule has 0 N–H and O–H groups in total. The van der Waals surface area contributed by atoms with E-state index in [-0.39, 0.29) is 16.7 Å². The number of hydrogen-bond acceptors (Lipinski definition) is 2. The largest absolute Gasteiger partial charge is 0.368 e. The zero-order valence-corrected chi connectivity index (χ0v) is 24.1. The molecule has 3 nitrogen and oxygen atoms in total. The van der Waals surface area contributed by atoms with Gasteiger partial charge in [0.15, 0.2) is 0 Å². The molecule has 3 heteroatoms. The molecule has 1 saturated heterocycles. The quantitative estimate of drug-likeness (QED) is 0.428. The van der Waals surface area contributed by atoms with Crippen molar-refractivity contribution in [2.75, 3.05) is 31.1 Å². The van der Waals surface area contributed by atoms with Gasteiger partial charge in [0.25, 0.3) is 0 Å². The molecule has 3 aliphatic rings. The topological polar surface area (TPSA) is 23.6 Å². The SMILES string of the molecule is C=C1CC(=C)C(c2cc(N3CCN(C(=O)C(C)(C)C)CC3)ccc2C(C)(C)C)=C1C1=CCc2ccccc21. The van der Waals surface area contributed by atoms with E-state index in [1.807, 2.05) is 25.7 Å². The molecule has 198 valence electrons. The van der Waals surface area contributed by atoms with Crippen molar-refractivity contribution in [1.82, 2.24) is 4.90 Å². The van der Waals surface area contributed by atoms with Gasteiger partial charge >= 0.3 is 0 Å². The molecule has 38 heavy (non-hydrogen) atoms. The van der Waals surface area contributed by atoms with Gasteiger partial charge in [0.2, 0.25) is 5.91 Å². The van der Waals surface area contributed by atoms with E-state index < -0.39 is 0 Å². The summed E-state index contributed by atoms with van der Waals surface area (Å²) < 4.78 is 0. The van der Waals surface area contributed by atoms with Crippen molar-refractivity contribution in [3.63, 3.8) is 0 Å². The zero-order valence-electron chi connectivity index (χ0n) is 24.1.